The van der Waals surface area contributed by atoms with Gasteiger partial charge in [-0.05, 0) is 48.5 Å². The topological polar surface area (TPSA) is 117 Å². The van der Waals surface area contributed by atoms with Gasteiger partial charge in [-0.25, -0.2) is 18.3 Å². The summed E-state index contributed by atoms with van der Waals surface area (Å²) >= 11 is 0. The van der Waals surface area contributed by atoms with E-state index in [0.29, 0.717) is 11.5 Å². The Bertz CT molecular complexity index is 896. The molecule has 1 fully saturated rings. The molecule has 3 rings (SSSR count). The molecule has 1 aliphatic rings. The average Bonchev–Trinajstić information content (AvgIpc) is 2.60. The monoisotopic (exact) mass is 381 g/mol. The van der Waals surface area contributed by atoms with Gasteiger partial charge in [-0.3, -0.25) is 10.0 Å². The lowest BCUT2D eigenvalue weighted by Crippen LogP contribution is -2.75. The maximum atomic E-state index is 12.9. The molecule has 1 aliphatic heterocycles. The van der Waals surface area contributed by atoms with Crippen LogP contribution in [0.15, 0.2) is 53.4 Å². The van der Waals surface area contributed by atoms with Crippen LogP contribution >= 0.6 is 0 Å². The number of carbonyl (C=O) groups excluding carboxylic acids is 1. The second-order valence-corrected chi connectivity index (χ2v) is 7.44. The zero-order chi connectivity index (χ0) is 18.8. The summed E-state index contributed by atoms with van der Waals surface area (Å²) in [5, 5.41) is 11.6. The quantitative estimate of drug-likeness (QED) is 0.433. The molecule has 138 valence electrons. The van der Waals surface area contributed by atoms with E-state index in [1.54, 1.807) is 0 Å². The van der Waals surface area contributed by atoms with Gasteiger partial charge in [0.15, 0.2) is 0 Å². The maximum Gasteiger partial charge on any atom is 0.267 e. The molecule has 2 aromatic carbocycles. The van der Waals surface area contributed by atoms with Gasteiger partial charge in [-0.15, -0.1) is 0 Å². The maximum absolute atomic E-state index is 12.9. The van der Waals surface area contributed by atoms with E-state index in [1.807, 2.05) is 0 Å². The average molecular weight is 381 g/mol. The van der Waals surface area contributed by atoms with Crippen LogP contribution in [0.4, 0.5) is 4.39 Å². The van der Waals surface area contributed by atoms with Crippen LogP contribution in [-0.2, 0) is 14.8 Å². The lowest BCUT2D eigenvalue weighted by molar-refractivity contribution is -0.137. The highest BCUT2D eigenvalue weighted by Gasteiger charge is 2.47. The van der Waals surface area contributed by atoms with Crippen LogP contribution in [0.5, 0.6) is 11.5 Å². The summed E-state index contributed by atoms with van der Waals surface area (Å²) in [6.45, 7) is 0.120. The van der Waals surface area contributed by atoms with Gasteiger partial charge in [0, 0.05) is 13.1 Å². The van der Waals surface area contributed by atoms with Crippen molar-refractivity contribution in [3.63, 3.8) is 0 Å². The van der Waals surface area contributed by atoms with Crippen LogP contribution in [0.25, 0.3) is 0 Å². The molecule has 1 heterocycles. The molecule has 0 aromatic heterocycles. The van der Waals surface area contributed by atoms with Crippen molar-refractivity contribution in [2.24, 2.45) is 0 Å². The Morgan fingerprint density at radius 1 is 1.08 bits per heavy atom. The molecule has 0 spiro atoms. The molecular weight excluding hydrogens is 365 g/mol. The fraction of sp³-hybridized carbons (Fsp3) is 0.188. The van der Waals surface area contributed by atoms with Crippen molar-refractivity contribution in [1.82, 2.24) is 15.5 Å². The summed E-state index contributed by atoms with van der Waals surface area (Å²) in [5.41, 5.74) is 0.0359. The molecular formula is C16H16FN3O5S. The van der Waals surface area contributed by atoms with E-state index in [-0.39, 0.29) is 18.0 Å². The molecule has 0 bridgehead atoms. The zero-order valence-electron chi connectivity index (χ0n) is 13.4. The number of hydrogen-bond donors (Lipinski definition) is 4. The van der Waals surface area contributed by atoms with E-state index >= 15 is 0 Å². The van der Waals surface area contributed by atoms with E-state index in [4.69, 9.17) is 9.94 Å². The molecule has 0 saturated carbocycles. The Hall–Kier alpha value is -2.53. The molecule has 0 unspecified atom stereocenters. The number of rotatable bonds is 6. The molecule has 26 heavy (non-hydrogen) atoms. The minimum absolute atomic E-state index is 0.0599. The Kier molecular flexibility index (Phi) is 4.92. The van der Waals surface area contributed by atoms with Crippen LogP contribution < -0.4 is 20.3 Å². The Morgan fingerprint density at radius 2 is 1.62 bits per heavy atom. The second kappa shape index (κ2) is 7.00. The molecule has 0 radical (unpaired) electrons. The van der Waals surface area contributed by atoms with Crippen LogP contribution in [0.1, 0.15) is 0 Å². The van der Waals surface area contributed by atoms with Gasteiger partial charge in [0.25, 0.3) is 5.91 Å². The number of hydrogen-bond acceptors (Lipinski definition) is 6. The first-order valence-corrected chi connectivity index (χ1v) is 9.06. The summed E-state index contributed by atoms with van der Waals surface area (Å²) in [6, 6.07) is 10.9. The second-order valence-electron chi connectivity index (χ2n) is 5.76. The van der Waals surface area contributed by atoms with Crippen molar-refractivity contribution in [3.8, 4) is 11.5 Å². The molecule has 0 aliphatic carbocycles. The van der Waals surface area contributed by atoms with Gasteiger partial charge in [0.05, 0.1) is 4.90 Å². The summed E-state index contributed by atoms with van der Waals surface area (Å²) in [7, 11) is -4.00. The van der Waals surface area contributed by atoms with E-state index in [9.17, 15) is 17.6 Å². The third-order valence-corrected chi connectivity index (χ3v) is 5.46. The van der Waals surface area contributed by atoms with Crippen molar-refractivity contribution >= 4 is 15.9 Å². The first-order valence-electron chi connectivity index (χ1n) is 7.57. The highest BCUT2D eigenvalue weighted by molar-refractivity contribution is 7.89. The molecule has 4 N–H and O–H groups in total. The zero-order valence-corrected chi connectivity index (χ0v) is 14.2. The van der Waals surface area contributed by atoms with Crippen molar-refractivity contribution in [2.75, 3.05) is 13.1 Å². The van der Waals surface area contributed by atoms with E-state index in [1.165, 1.54) is 54.0 Å². The summed E-state index contributed by atoms with van der Waals surface area (Å²) in [6.07, 6.45) is 0. The van der Waals surface area contributed by atoms with Crippen LogP contribution in [0, 0.1) is 5.82 Å². The number of ether oxygens (including phenoxy) is 1. The lowest BCUT2D eigenvalue weighted by Gasteiger charge is -2.40. The lowest BCUT2D eigenvalue weighted by atomic mass is 9.93. The van der Waals surface area contributed by atoms with Gasteiger partial charge in [-0.2, -0.15) is 4.72 Å². The first-order chi connectivity index (χ1) is 12.3. The molecule has 8 nitrogen and oxygen atoms in total. The van der Waals surface area contributed by atoms with Gasteiger partial charge >= 0.3 is 0 Å². The first kappa shape index (κ1) is 18.3. The predicted molar refractivity (Wildman–Crippen MR) is 88.8 cm³/mol. The normalized spacial score (nSPS) is 15.8. The number of halogens is 1. The molecule has 2 aromatic rings. The van der Waals surface area contributed by atoms with E-state index < -0.39 is 27.3 Å². The third kappa shape index (κ3) is 3.68. The SMILES string of the molecule is O=C(NO)C1(NS(=O)(=O)c2ccc(Oc3ccc(F)cc3)cc2)CNC1. The predicted octanol–water partition coefficient (Wildman–Crippen LogP) is 0.744. The van der Waals surface area contributed by atoms with Crippen molar-refractivity contribution in [1.29, 1.82) is 0 Å². The standard InChI is InChI=1S/C16H16FN3O5S/c17-11-1-3-12(4-2-11)25-13-5-7-14(8-6-13)26(23,24)20-16(9-18-10-16)15(21)19-22/h1-8,18,20,22H,9-10H2,(H,19,21). The smallest absolute Gasteiger partial charge is 0.267 e. The Morgan fingerprint density at radius 3 is 2.08 bits per heavy atom. The minimum atomic E-state index is -4.00. The van der Waals surface area contributed by atoms with Gasteiger partial charge in [0.1, 0.15) is 22.9 Å². The minimum Gasteiger partial charge on any atom is -0.457 e. The van der Waals surface area contributed by atoms with Gasteiger partial charge in [0.2, 0.25) is 10.0 Å². The fourth-order valence-electron chi connectivity index (χ4n) is 2.40. The molecule has 1 saturated heterocycles. The van der Waals surface area contributed by atoms with Crippen LogP contribution in [-0.4, -0.2) is 38.2 Å². The highest BCUT2D eigenvalue weighted by atomic mass is 32.2. The number of sulfonamides is 1. The van der Waals surface area contributed by atoms with Gasteiger partial charge in [-0.1, -0.05) is 0 Å². The molecule has 1 amide bonds. The number of benzene rings is 2. The Labute approximate surface area is 149 Å². The van der Waals surface area contributed by atoms with E-state index in [2.05, 4.69) is 10.0 Å². The third-order valence-electron chi connectivity index (χ3n) is 3.90. The fourth-order valence-corrected chi connectivity index (χ4v) is 3.77. The van der Waals surface area contributed by atoms with Crippen LogP contribution in [0.2, 0.25) is 0 Å². The summed E-state index contributed by atoms with van der Waals surface area (Å²) in [4.78, 5) is 11.7. The van der Waals surface area contributed by atoms with Crippen LogP contribution in [0.3, 0.4) is 0 Å². The number of nitrogens with one attached hydrogen (secondary N) is 3. The van der Waals surface area contributed by atoms with Crippen molar-refractivity contribution in [3.05, 3.63) is 54.3 Å². The summed E-state index contributed by atoms with van der Waals surface area (Å²) in [5.74, 6) is -0.463. The Balaban J connectivity index is 1.74. The number of hydroxylamine groups is 1. The molecule has 10 heteroatoms. The van der Waals surface area contributed by atoms with Crippen molar-refractivity contribution < 1.29 is 27.5 Å². The number of amides is 1. The van der Waals surface area contributed by atoms with E-state index in [0.717, 1.165) is 0 Å². The summed E-state index contributed by atoms with van der Waals surface area (Å²) < 4.78 is 45.7. The highest BCUT2D eigenvalue weighted by Crippen LogP contribution is 2.24. The largest absolute Gasteiger partial charge is 0.457 e. The molecule has 0 atom stereocenters. The van der Waals surface area contributed by atoms with Gasteiger partial charge < -0.3 is 10.1 Å². The number of carbonyl (C=O) groups is 1. The van der Waals surface area contributed by atoms with Crippen molar-refractivity contribution in [2.45, 2.75) is 10.4 Å².